The molecule has 1 amide bonds. The molecule has 0 unspecified atom stereocenters. The first-order valence-corrected chi connectivity index (χ1v) is 4.40. The molecule has 1 rings (SSSR count). The van der Waals surface area contributed by atoms with Crippen molar-refractivity contribution in [2.24, 2.45) is 0 Å². The number of carbonyl (C=O) groups is 1. The lowest BCUT2D eigenvalue weighted by Gasteiger charge is -2.03. The van der Waals surface area contributed by atoms with Gasteiger partial charge in [-0.25, -0.2) is 4.98 Å². The third-order valence-corrected chi connectivity index (χ3v) is 1.88. The van der Waals surface area contributed by atoms with Crippen LogP contribution in [0.1, 0.15) is 10.4 Å². The van der Waals surface area contributed by atoms with Crippen molar-refractivity contribution in [1.29, 1.82) is 0 Å². The minimum absolute atomic E-state index is 0.165. The topological polar surface area (TPSA) is 51.2 Å². The highest BCUT2D eigenvalue weighted by molar-refractivity contribution is 9.10. The summed E-state index contributed by atoms with van der Waals surface area (Å²) < 4.78 is 5.48. The fraction of sp³-hybridized carbons (Fsp3) is 0.250. The zero-order valence-electron chi connectivity index (χ0n) is 7.30. The van der Waals surface area contributed by atoms with Crippen molar-refractivity contribution in [2.75, 3.05) is 14.2 Å². The zero-order valence-corrected chi connectivity index (χ0v) is 8.88. The molecule has 1 heterocycles. The highest BCUT2D eigenvalue weighted by Crippen LogP contribution is 2.16. The highest BCUT2D eigenvalue weighted by atomic mass is 79.9. The van der Waals surface area contributed by atoms with Crippen LogP contribution >= 0.6 is 15.9 Å². The third kappa shape index (κ3) is 2.42. The van der Waals surface area contributed by atoms with Crippen molar-refractivity contribution in [1.82, 2.24) is 10.3 Å². The normalized spacial score (nSPS) is 9.46. The summed E-state index contributed by atoms with van der Waals surface area (Å²) in [7, 11) is 3.07. The van der Waals surface area contributed by atoms with Gasteiger partial charge < -0.3 is 10.1 Å². The van der Waals surface area contributed by atoms with Crippen LogP contribution in [0.3, 0.4) is 0 Å². The maximum atomic E-state index is 11.2. The third-order valence-electron chi connectivity index (χ3n) is 1.47. The summed E-state index contributed by atoms with van der Waals surface area (Å²) in [5, 5.41) is 2.52. The number of nitrogens with one attached hydrogen (secondary N) is 1. The first kappa shape index (κ1) is 9.98. The molecule has 0 radical (unpaired) electrons. The molecule has 1 aromatic heterocycles. The lowest BCUT2D eigenvalue weighted by atomic mass is 10.2. The van der Waals surface area contributed by atoms with Gasteiger partial charge in [-0.3, -0.25) is 4.79 Å². The van der Waals surface area contributed by atoms with Crippen LogP contribution in [0.15, 0.2) is 16.7 Å². The molecule has 0 bridgehead atoms. The second kappa shape index (κ2) is 4.23. The fourth-order valence-corrected chi connectivity index (χ4v) is 1.27. The number of halogens is 1. The van der Waals surface area contributed by atoms with Crippen LogP contribution in [0.5, 0.6) is 5.88 Å². The Bertz CT molecular complexity index is 328. The Kier molecular flexibility index (Phi) is 3.25. The molecule has 0 saturated carbocycles. The van der Waals surface area contributed by atoms with Gasteiger partial charge in [-0.15, -0.1) is 0 Å². The second-order valence-electron chi connectivity index (χ2n) is 2.30. The predicted molar refractivity (Wildman–Crippen MR) is 51.9 cm³/mol. The standard InChI is InChI=1S/C8H9BrN2O2/c1-10-8(12)5-3-6(9)11-7(4-5)13-2/h3-4H,1-2H3,(H,10,12). The Morgan fingerprint density at radius 3 is 2.85 bits per heavy atom. The van der Waals surface area contributed by atoms with Crippen LogP contribution in [0.2, 0.25) is 0 Å². The molecular weight excluding hydrogens is 236 g/mol. The largest absolute Gasteiger partial charge is 0.481 e. The van der Waals surface area contributed by atoms with E-state index in [0.717, 1.165) is 0 Å². The summed E-state index contributed by atoms with van der Waals surface area (Å²) in [5.74, 6) is 0.245. The minimum atomic E-state index is -0.165. The van der Waals surface area contributed by atoms with E-state index in [9.17, 15) is 4.79 Å². The van der Waals surface area contributed by atoms with Crippen LogP contribution in [0, 0.1) is 0 Å². The Labute approximate surface area is 84.4 Å². The Morgan fingerprint density at radius 2 is 2.31 bits per heavy atom. The molecule has 0 fully saturated rings. The molecule has 70 valence electrons. The van der Waals surface area contributed by atoms with Gasteiger partial charge in [0.05, 0.1) is 7.11 Å². The number of pyridine rings is 1. The average Bonchev–Trinajstić information content (AvgIpc) is 2.15. The van der Waals surface area contributed by atoms with E-state index in [1.54, 1.807) is 19.2 Å². The van der Waals surface area contributed by atoms with E-state index in [1.165, 1.54) is 7.11 Å². The van der Waals surface area contributed by atoms with Gasteiger partial charge in [0.1, 0.15) is 4.60 Å². The molecule has 13 heavy (non-hydrogen) atoms. The van der Waals surface area contributed by atoms with Crippen molar-refractivity contribution >= 4 is 21.8 Å². The van der Waals surface area contributed by atoms with Gasteiger partial charge in [0, 0.05) is 18.7 Å². The number of carbonyl (C=O) groups excluding carboxylic acids is 1. The molecule has 0 spiro atoms. The number of aromatic nitrogens is 1. The Balaban J connectivity index is 3.08. The van der Waals surface area contributed by atoms with E-state index in [-0.39, 0.29) is 5.91 Å². The number of amides is 1. The van der Waals surface area contributed by atoms with Crippen molar-refractivity contribution in [3.05, 3.63) is 22.3 Å². The van der Waals surface area contributed by atoms with Crippen LogP contribution in [-0.2, 0) is 0 Å². The van der Waals surface area contributed by atoms with Crippen molar-refractivity contribution in [3.63, 3.8) is 0 Å². The SMILES string of the molecule is CNC(=O)c1cc(Br)nc(OC)c1. The molecule has 1 aromatic rings. The van der Waals surface area contributed by atoms with E-state index in [4.69, 9.17) is 4.74 Å². The van der Waals surface area contributed by atoms with Crippen LogP contribution in [0.25, 0.3) is 0 Å². The van der Waals surface area contributed by atoms with Crippen LogP contribution < -0.4 is 10.1 Å². The van der Waals surface area contributed by atoms with Gasteiger partial charge in [-0.05, 0) is 22.0 Å². The first-order valence-electron chi connectivity index (χ1n) is 3.61. The number of methoxy groups -OCH3 is 1. The Hall–Kier alpha value is -1.10. The van der Waals surface area contributed by atoms with E-state index in [2.05, 4.69) is 26.2 Å². The van der Waals surface area contributed by atoms with Gasteiger partial charge in [0.25, 0.3) is 5.91 Å². The zero-order chi connectivity index (χ0) is 9.84. The monoisotopic (exact) mass is 244 g/mol. The smallest absolute Gasteiger partial charge is 0.251 e. The molecule has 1 N–H and O–H groups in total. The van der Waals surface area contributed by atoms with Crippen LogP contribution in [0.4, 0.5) is 0 Å². The summed E-state index contributed by atoms with van der Waals surface area (Å²) in [4.78, 5) is 15.2. The predicted octanol–water partition coefficient (Wildman–Crippen LogP) is 1.21. The highest BCUT2D eigenvalue weighted by Gasteiger charge is 2.06. The Morgan fingerprint density at radius 1 is 1.62 bits per heavy atom. The van der Waals surface area contributed by atoms with Gasteiger partial charge in [-0.2, -0.15) is 0 Å². The molecule has 0 aliphatic rings. The number of nitrogens with zero attached hydrogens (tertiary/aromatic N) is 1. The van der Waals surface area contributed by atoms with Crippen LogP contribution in [-0.4, -0.2) is 25.0 Å². The number of rotatable bonds is 2. The summed E-state index contributed by atoms with van der Waals surface area (Å²) >= 11 is 3.18. The van der Waals surface area contributed by atoms with Gasteiger partial charge >= 0.3 is 0 Å². The molecule has 0 aliphatic carbocycles. The lowest BCUT2D eigenvalue weighted by molar-refractivity contribution is 0.0962. The molecule has 4 nitrogen and oxygen atoms in total. The van der Waals surface area contributed by atoms with E-state index in [0.29, 0.717) is 16.0 Å². The van der Waals surface area contributed by atoms with Gasteiger partial charge in [0.2, 0.25) is 5.88 Å². The summed E-state index contributed by atoms with van der Waals surface area (Å²) in [6.45, 7) is 0. The maximum Gasteiger partial charge on any atom is 0.251 e. The molecule has 0 saturated heterocycles. The first-order chi connectivity index (χ1) is 6.17. The molecule has 0 aromatic carbocycles. The molecule has 0 atom stereocenters. The van der Waals surface area contributed by atoms with Crippen molar-refractivity contribution < 1.29 is 9.53 Å². The summed E-state index contributed by atoms with van der Waals surface area (Å²) in [6.07, 6.45) is 0. The summed E-state index contributed by atoms with van der Waals surface area (Å²) in [5.41, 5.74) is 0.515. The molecular formula is C8H9BrN2O2. The van der Waals surface area contributed by atoms with Crippen molar-refractivity contribution in [2.45, 2.75) is 0 Å². The average molecular weight is 245 g/mol. The lowest BCUT2D eigenvalue weighted by Crippen LogP contribution is -2.17. The minimum Gasteiger partial charge on any atom is -0.481 e. The number of ether oxygens (including phenoxy) is 1. The van der Waals surface area contributed by atoms with Crippen molar-refractivity contribution in [3.8, 4) is 5.88 Å². The van der Waals surface area contributed by atoms with E-state index >= 15 is 0 Å². The second-order valence-corrected chi connectivity index (χ2v) is 3.11. The number of hydrogen-bond acceptors (Lipinski definition) is 3. The fourth-order valence-electron chi connectivity index (χ4n) is 0.853. The molecule has 0 aliphatic heterocycles. The maximum absolute atomic E-state index is 11.2. The van der Waals surface area contributed by atoms with E-state index in [1.807, 2.05) is 0 Å². The number of hydrogen-bond donors (Lipinski definition) is 1. The molecule has 5 heteroatoms. The quantitative estimate of drug-likeness (QED) is 0.797. The van der Waals surface area contributed by atoms with E-state index < -0.39 is 0 Å². The summed E-state index contributed by atoms with van der Waals surface area (Å²) in [6, 6.07) is 3.20. The van der Waals surface area contributed by atoms with Gasteiger partial charge in [0.15, 0.2) is 0 Å². The van der Waals surface area contributed by atoms with Gasteiger partial charge in [-0.1, -0.05) is 0 Å².